The van der Waals surface area contributed by atoms with Crippen molar-refractivity contribution in [3.8, 4) is 0 Å². The van der Waals surface area contributed by atoms with Gasteiger partial charge < -0.3 is 10.0 Å². The number of hydrogen-bond acceptors (Lipinski definition) is 3. The van der Waals surface area contributed by atoms with Gasteiger partial charge in [-0.2, -0.15) is 0 Å². The second-order valence-corrected chi connectivity index (χ2v) is 4.68. The van der Waals surface area contributed by atoms with Gasteiger partial charge in [0.05, 0.1) is 0 Å². The molecule has 94 valence electrons. The summed E-state index contributed by atoms with van der Waals surface area (Å²) >= 11 is 0. The summed E-state index contributed by atoms with van der Waals surface area (Å²) in [5.41, 5.74) is 2.17. The van der Waals surface area contributed by atoms with Crippen molar-refractivity contribution in [3.63, 3.8) is 0 Å². The molecular weight excluding hydrogens is 214 g/mol. The molecule has 1 aromatic carbocycles. The maximum atomic E-state index is 11.7. The minimum Gasteiger partial charge on any atom is -0.389 e. The van der Waals surface area contributed by atoms with Crippen molar-refractivity contribution in [1.82, 2.24) is 4.90 Å². The Kier molecular flexibility index (Phi) is 5.32. The van der Waals surface area contributed by atoms with Crippen LogP contribution in [0, 0.1) is 6.92 Å². The van der Waals surface area contributed by atoms with Gasteiger partial charge in [-0.3, -0.25) is 4.79 Å². The third kappa shape index (κ3) is 4.29. The van der Waals surface area contributed by atoms with Crippen LogP contribution >= 0.6 is 0 Å². The third-order valence-electron chi connectivity index (χ3n) is 2.89. The van der Waals surface area contributed by atoms with E-state index < -0.39 is 0 Å². The quantitative estimate of drug-likeness (QED) is 0.814. The molecule has 0 aliphatic heterocycles. The van der Waals surface area contributed by atoms with Gasteiger partial charge in [-0.25, -0.2) is 0 Å². The largest absolute Gasteiger partial charge is 0.389 e. The molecule has 0 spiro atoms. The van der Waals surface area contributed by atoms with Gasteiger partial charge in [0.15, 0.2) is 5.78 Å². The molecule has 0 radical (unpaired) electrons. The van der Waals surface area contributed by atoms with Crippen LogP contribution in [0.4, 0.5) is 0 Å². The van der Waals surface area contributed by atoms with E-state index in [4.69, 9.17) is 5.11 Å². The molecule has 0 aromatic heterocycles. The number of hydrogen-bond donors (Lipinski definition) is 1. The second-order valence-electron chi connectivity index (χ2n) is 4.68. The van der Waals surface area contributed by atoms with Crippen LogP contribution in [0.3, 0.4) is 0 Å². The second kappa shape index (κ2) is 6.52. The summed E-state index contributed by atoms with van der Waals surface area (Å²) in [4.78, 5) is 13.8. The Morgan fingerprint density at radius 2 is 1.88 bits per heavy atom. The van der Waals surface area contributed by atoms with Gasteiger partial charge in [-0.1, -0.05) is 29.8 Å². The fourth-order valence-corrected chi connectivity index (χ4v) is 1.81. The van der Waals surface area contributed by atoms with Gasteiger partial charge in [0.2, 0.25) is 0 Å². The highest BCUT2D eigenvalue weighted by Gasteiger charge is 2.19. The smallest absolute Gasteiger partial charge is 0.165 e. The van der Waals surface area contributed by atoms with Gasteiger partial charge in [0, 0.05) is 5.92 Å². The van der Waals surface area contributed by atoms with Gasteiger partial charge >= 0.3 is 0 Å². The van der Waals surface area contributed by atoms with Gasteiger partial charge in [-0.15, -0.1) is 0 Å². The zero-order valence-electron chi connectivity index (χ0n) is 10.8. The molecule has 3 nitrogen and oxygen atoms in total. The highest BCUT2D eigenvalue weighted by molar-refractivity contribution is 5.86. The van der Waals surface area contributed by atoms with Crippen molar-refractivity contribution in [2.24, 2.45) is 0 Å². The molecule has 0 heterocycles. The van der Waals surface area contributed by atoms with Crippen molar-refractivity contribution in [2.45, 2.75) is 19.3 Å². The highest BCUT2D eigenvalue weighted by atomic mass is 16.3. The number of nitrogens with zero attached hydrogens (tertiary/aromatic N) is 1. The van der Waals surface area contributed by atoms with Crippen LogP contribution in [-0.2, 0) is 4.79 Å². The number of ketones is 1. The number of Topliss-reactive ketones (excluding diaryl/α,β-unsaturated/α-hetero) is 1. The summed E-state index contributed by atoms with van der Waals surface area (Å²) in [6, 6.07) is 7.96. The molecule has 1 rings (SSSR count). The molecule has 0 fully saturated rings. The van der Waals surface area contributed by atoms with E-state index in [0.29, 0.717) is 0 Å². The van der Waals surface area contributed by atoms with Crippen LogP contribution in [-0.4, -0.2) is 43.0 Å². The van der Waals surface area contributed by atoms with Crippen LogP contribution in [0.15, 0.2) is 24.3 Å². The SMILES string of the molecule is Cc1ccc(C(CCN(C)C)C(=O)CO)cc1. The molecule has 0 aliphatic rings. The molecule has 17 heavy (non-hydrogen) atoms. The van der Waals surface area contributed by atoms with E-state index in [2.05, 4.69) is 0 Å². The molecule has 3 heteroatoms. The maximum absolute atomic E-state index is 11.7. The Morgan fingerprint density at radius 1 is 1.29 bits per heavy atom. The number of aliphatic hydroxyl groups excluding tert-OH is 1. The van der Waals surface area contributed by atoms with E-state index in [1.165, 1.54) is 5.56 Å². The van der Waals surface area contributed by atoms with Crippen LogP contribution < -0.4 is 0 Å². The van der Waals surface area contributed by atoms with Gasteiger partial charge in [-0.05, 0) is 39.5 Å². The Balaban J connectivity index is 2.82. The molecule has 1 aromatic rings. The molecule has 1 N–H and O–H groups in total. The van der Waals surface area contributed by atoms with Crippen LogP contribution in [0.25, 0.3) is 0 Å². The lowest BCUT2D eigenvalue weighted by molar-refractivity contribution is -0.123. The lowest BCUT2D eigenvalue weighted by atomic mass is 9.91. The monoisotopic (exact) mass is 235 g/mol. The number of aliphatic hydroxyl groups is 1. The molecule has 0 amide bonds. The van der Waals surface area contributed by atoms with E-state index in [1.807, 2.05) is 50.2 Å². The van der Waals surface area contributed by atoms with Crippen LogP contribution in [0.1, 0.15) is 23.5 Å². The van der Waals surface area contributed by atoms with E-state index in [-0.39, 0.29) is 18.3 Å². The zero-order chi connectivity index (χ0) is 12.8. The first-order chi connectivity index (χ1) is 8.04. The fourth-order valence-electron chi connectivity index (χ4n) is 1.81. The van der Waals surface area contributed by atoms with Crippen molar-refractivity contribution in [2.75, 3.05) is 27.2 Å². The Bertz CT molecular complexity index is 357. The van der Waals surface area contributed by atoms with E-state index >= 15 is 0 Å². The van der Waals surface area contributed by atoms with E-state index in [9.17, 15) is 4.79 Å². The number of carbonyl (C=O) groups is 1. The van der Waals surface area contributed by atoms with Crippen molar-refractivity contribution in [3.05, 3.63) is 35.4 Å². The Morgan fingerprint density at radius 3 is 2.35 bits per heavy atom. The topological polar surface area (TPSA) is 40.5 Å². The zero-order valence-corrected chi connectivity index (χ0v) is 10.8. The first-order valence-electron chi connectivity index (χ1n) is 5.89. The van der Waals surface area contributed by atoms with Crippen molar-refractivity contribution < 1.29 is 9.90 Å². The summed E-state index contributed by atoms with van der Waals surface area (Å²) in [6.07, 6.45) is 0.745. The van der Waals surface area contributed by atoms with Crippen molar-refractivity contribution >= 4 is 5.78 Å². The summed E-state index contributed by atoms with van der Waals surface area (Å²) in [5.74, 6) is -0.293. The molecule has 1 unspecified atom stereocenters. The van der Waals surface area contributed by atoms with E-state index in [1.54, 1.807) is 0 Å². The third-order valence-corrected chi connectivity index (χ3v) is 2.89. The maximum Gasteiger partial charge on any atom is 0.165 e. The van der Waals surface area contributed by atoms with E-state index in [0.717, 1.165) is 18.5 Å². The molecular formula is C14H21NO2. The number of benzene rings is 1. The van der Waals surface area contributed by atoms with Gasteiger partial charge in [0.1, 0.15) is 6.61 Å². The first kappa shape index (κ1) is 13.9. The summed E-state index contributed by atoms with van der Waals surface area (Å²) in [6.45, 7) is 2.47. The summed E-state index contributed by atoms with van der Waals surface area (Å²) in [5, 5.41) is 9.02. The predicted molar refractivity (Wildman–Crippen MR) is 69.2 cm³/mol. The molecule has 0 saturated carbocycles. The Labute approximate surface area is 103 Å². The normalized spacial score (nSPS) is 12.8. The summed E-state index contributed by atoms with van der Waals surface area (Å²) in [7, 11) is 3.96. The number of carbonyl (C=O) groups excluding carboxylic acids is 1. The molecule has 1 atom stereocenters. The minimum atomic E-state index is -0.383. The lowest BCUT2D eigenvalue weighted by Gasteiger charge is -2.18. The van der Waals surface area contributed by atoms with Crippen LogP contribution in [0.2, 0.25) is 0 Å². The Hall–Kier alpha value is -1.19. The number of rotatable bonds is 6. The summed E-state index contributed by atoms with van der Waals surface area (Å²) < 4.78 is 0. The fraction of sp³-hybridized carbons (Fsp3) is 0.500. The minimum absolute atomic E-state index is 0.101. The first-order valence-corrected chi connectivity index (χ1v) is 5.89. The average Bonchev–Trinajstić information content (AvgIpc) is 2.30. The molecule has 0 aliphatic carbocycles. The average molecular weight is 235 g/mol. The number of aryl methyl sites for hydroxylation is 1. The lowest BCUT2D eigenvalue weighted by Crippen LogP contribution is -2.22. The van der Waals surface area contributed by atoms with Gasteiger partial charge in [0.25, 0.3) is 0 Å². The predicted octanol–water partition coefficient (Wildman–Crippen LogP) is 1.59. The molecule has 0 saturated heterocycles. The van der Waals surface area contributed by atoms with Crippen LogP contribution in [0.5, 0.6) is 0 Å². The molecule has 0 bridgehead atoms. The standard InChI is InChI=1S/C14H21NO2/c1-11-4-6-12(7-5-11)13(14(17)10-16)8-9-15(2)3/h4-7,13,16H,8-10H2,1-3H3. The van der Waals surface area contributed by atoms with Crippen molar-refractivity contribution in [1.29, 1.82) is 0 Å². The highest BCUT2D eigenvalue weighted by Crippen LogP contribution is 2.21.